The van der Waals surface area contributed by atoms with E-state index in [4.69, 9.17) is 0 Å². The van der Waals surface area contributed by atoms with E-state index in [9.17, 15) is 4.79 Å². The van der Waals surface area contributed by atoms with Gasteiger partial charge >= 0.3 is 0 Å². The van der Waals surface area contributed by atoms with Gasteiger partial charge in [0.2, 0.25) is 5.91 Å². The molecule has 0 radical (unpaired) electrons. The lowest BCUT2D eigenvalue weighted by Gasteiger charge is -2.03. The number of amides is 1. The van der Waals surface area contributed by atoms with Crippen molar-refractivity contribution in [2.24, 2.45) is 0 Å². The highest BCUT2D eigenvalue weighted by atomic mass is 16.1. The van der Waals surface area contributed by atoms with Gasteiger partial charge in [0, 0.05) is 12.3 Å². The van der Waals surface area contributed by atoms with Gasteiger partial charge in [-0.3, -0.25) is 4.79 Å². The summed E-state index contributed by atoms with van der Waals surface area (Å²) in [6.45, 7) is 5.67. The molecule has 0 aliphatic heterocycles. The van der Waals surface area contributed by atoms with E-state index < -0.39 is 0 Å². The van der Waals surface area contributed by atoms with Gasteiger partial charge in [-0.25, -0.2) is 4.98 Å². The van der Waals surface area contributed by atoms with E-state index in [1.54, 1.807) is 12.3 Å². The molecule has 0 aliphatic rings. The van der Waals surface area contributed by atoms with Crippen molar-refractivity contribution in [2.45, 2.75) is 20.8 Å². The van der Waals surface area contributed by atoms with E-state index in [2.05, 4.69) is 10.3 Å². The molecule has 1 rings (SSSR count). The summed E-state index contributed by atoms with van der Waals surface area (Å²) in [5, 5.41) is 2.72. The number of anilines is 1. The monoisotopic (exact) mass is 190 g/mol. The molecule has 3 heteroatoms. The van der Waals surface area contributed by atoms with Crippen molar-refractivity contribution in [3.05, 3.63) is 35.5 Å². The van der Waals surface area contributed by atoms with Gasteiger partial charge in [0.1, 0.15) is 5.82 Å². The Morgan fingerprint density at radius 1 is 1.50 bits per heavy atom. The average Bonchev–Trinajstić information content (AvgIpc) is 2.07. The maximum absolute atomic E-state index is 11.3. The maximum atomic E-state index is 11.3. The standard InChI is InChI=1S/C11H14N2O/c1-8(2)7-10(14)13-11-9(3)5-4-6-12-11/h4-7H,1-3H3,(H,12,13,14). The van der Waals surface area contributed by atoms with Crippen molar-refractivity contribution in [2.75, 3.05) is 5.32 Å². The first-order chi connectivity index (χ1) is 6.59. The second-order valence-electron chi connectivity index (χ2n) is 3.38. The molecule has 1 aromatic rings. The lowest BCUT2D eigenvalue weighted by molar-refractivity contribution is -0.112. The van der Waals surface area contributed by atoms with Crippen LogP contribution in [0.15, 0.2) is 30.0 Å². The number of pyridine rings is 1. The summed E-state index contributed by atoms with van der Waals surface area (Å²) >= 11 is 0. The van der Waals surface area contributed by atoms with Gasteiger partial charge in [0.05, 0.1) is 0 Å². The molecule has 1 N–H and O–H groups in total. The minimum atomic E-state index is -0.133. The molecule has 1 amide bonds. The minimum Gasteiger partial charge on any atom is -0.307 e. The summed E-state index contributed by atoms with van der Waals surface area (Å²) in [5.74, 6) is 0.488. The van der Waals surface area contributed by atoms with Crippen LogP contribution in [0.1, 0.15) is 19.4 Å². The zero-order valence-electron chi connectivity index (χ0n) is 8.66. The van der Waals surface area contributed by atoms with Crippen LogP contribution in [0.5, 0.6) is 0 Å². The van der Waals surface area contributed by atoms with Crippen LogP contribution in [-0.4, -0.2) is 10.9 Å². The lowest BCUT2D eigenvalue weighted by atomic mass is 10.3. The van der Waals surface area contributed by atoms with E-state index in [1.807, 2.05) is 32.9 Å². The van der Waals surface area contributed by atoms with Crippen molar-refractivity contribution >= 4 is 11.7 Å². The van der Waals surface area contributed by atoms with Gasteiger partial charge in [-0.05, 0) is 32.4 Å². The molecule has 3 nitrogen and oxygen atoms in total. The zero-order valence-corrected chi connectivity index (χ0v) is 8.66. The largest absolute Gasteiger partial charge is 0.307 e. The second-order valence-corrected chi connectivity index (χ2v) is 3.38. The molecule has 0 aliphatic carbocycles. The molecule has 0 unspecified atom stereocenters. The summed E-state index contributed by atoms with van der Waals surface area (Å²) < 4.78 is 0. The van der Waals surface area contributed by atoms with E-state index in [0.29, 0.717) is 5.82 Å². The summed E-state index contributed by atoms with van der Waals surface area (Å²) in [7, 11) is 0. The van der Waals surface area contributed by atoms with Gasteiger partial charge in [0.15, 0.2) is 0 Å². The van der Waals surface area contributed by atoms with Crippen molar-refractivity contribution in [3.63, 3.8) is 0 Å². The molecule has 0 aromatic carbocycles. The Morgan fingerprint density at radius 2 is 2.21 bits per heavy atom. The van der Waals surface area contributed by atoms with Crippen molar-refractivity contribution in [1.82, 2.24) is 4.98 Å². The van der Waals surface area contributed by atoms with Gasteiger partial charge in [-0.15, -0.1) is 0 Å². The summed E-state index contributed by atoms with van der Waals surface area (Å²) in [4.78, 5) is 15.4. The molecule has 1 heterocycles. The number of carbonyl (C=O) groups is 1. The Kier molecular flexibility index (Phi) is 3.40. The van der Waals surface area contributed by atoms with Gasteiger partial charge < -0.3 is 5.32 Å². The van der Waals surface area contributed by atoms with Crippen LogP contribution in [-0.2, 0) is 4.79 Å². The Bertz CT molecular complexity index is 365. The third kappa shape index (κ3) is 3.01. The number of nitrogens with zero attached hydrogens (tertiary/aromatic N) is 1. The first-order valence-electron chi connectivity index (χ1n) is 4.47. The van der Waals surface area contributed by atoms with Crippen LogP contribution < -0.4 is 5.32 Å². The summed E-state index contributed by atoms with van der Waals surface area (Å²) in [6.07, 6.45) is 3.21. The van der Waals surface area contributed by atoms with E-state index in [0.717, 1.165) is 11.1 Å². The first kappa shape index (κ1) is 10.4. The number of aryl methyl sites for hydroxylation is 1. The van der Waals surface area contributed by atoms with Gasteiger partial charge in [0.25, 0.3) is 0 Å². The van der Waals surface area contributed by atoms with Crippen LogP contribution >= 0.6 is 0 Å². The predicted molar refractivity (Wildman–Crippen MR) is 57.0 cm³/mol. The number of nitrogens with one attached hydrogen (secondary N) is 1. The smallest absolute Gasteiger partial charge is 0.249 e. The zero-order chi connectivity index (χ0) is 10.6. The number of aromatic nitrogens is 1. The fourth-order valence-corrected chi connectivity index (χ4v) is 1.03. The molecular formula is C11H14N2O. The lowest BCUT2D eigenvalue weighted by Crippen LogP contribution is -2.10. The third-order valence-corrected chi connectivity index (χ3v) is 1.67. The van der Waals surface area contributed by atoms with E-state index in [1.165, 1.54) is 0 Å². The Balaban J connectivity index is 2.75. The maximum Gasteiger partial charge on any atom is 0.249 e. The van der Waals surface area contributed by atoms with Crippen LogP contribution in [0.4, 0.5) is 5.82 Å². The van der Waals surface area contributed by atoms with Crippen LogP contribution in [0.3, 0.4) is 0 Å². The summed E-state index contributed by atoms with van der Waals surface area (Å²) in [5.41, 5.74) is 1.93. The normalized spacial score (nSPS) is 9.36. The quantitative estimate of drug-likeness (QED) is 0.727. The van der Waals surface area contributed by atoms with Crippen LogP contribution in [0.2, 0.25) is 0 Å². The number of allylic oxidation sites excluding steroid dienone is 1. The topological polar surface area (TPSA) is 42.0 Å². The molecular weight excluding hydrogens is 176 g/mol. The number of carbonyl (C=O) groups excluding carboxylic acids is 1. The van der Waals surface area contributed by atoms with Crippen molar-refractivity contribution in [3.8, 4) is 0 Å². The Hall–Kier alpha value is -1.64. The van der Waals surface area contributed by atoms with Gasteiger partial charge in [-0.1, -0.05) is 11.6 Å². The predicted octanol–water partition coefficient (Wildman–Crippen LogP) is 2.29. The van der Waals surface area contributed by atoms with E-state index in [-0.39, 0.29) is 5.91 Å². The molecule has 0 atom stereocenters. The van der Waals surface area contributed by atoms with Gasteiger partial charge in [-0.2, -0.15) is 0 Å². The van der Waals surface area contributed by atoms with Crippen LogP contribution in [0, 0.1) is 6.92 Å². The highest BCUT2D eigenvalue weighted by Gasteiger charge is 2.01. The molecule has 0 saturated carbocycles. The fraction of sp³-hybridized carbons (Fsp3) is 0.273. The third-order valence-electron chi connectivity index (χ3n) is 1.67. The number of hydrogen-bond donors (Lipinski definition) is 1. The number of rotatable bonds is 2. The highest BCUT2D eigenvalue weighted by Crippen LogP contribution is 2.08. The molecule has 0 fully saturated rings. The first-order valence-corrected chi connectivity index (χ1v) is 4.47. The average molecular weight is 190 g/mol. The molecule has 0 spiro atoms. The molecule has 74 valence electrons. The molecule has 0 bridgehead atoms. The Labute approximate surface area is 83.9 Å². The second kappa shape index (κ2) is 4.56. The fourth-order valence-electron chi connectivity index (χ4n) is 1.03. The Morgan fingerprint density at radius 3 is 2.79 bits per heavy atom. The number of hydrogen-bond acceptors (Lipinski definition) is 2. The van der Waals surface area contributed by atoms with E-state index >= 15 is 0 Å². The van der Waals surface area contributed by atoms with Crippen LogP contribution in [0.25, 0.3) is 0 Å². The highest BCUT2D eigenvalue weighted by molar-refractivity contribution is 5.99. The summed E-state index contributed by atoms with van der Waals surface area (Å²) in [6, 6.07) is 3.75. The molecule has 14 heavy (non-hydrogen) atoms. The minimum absolute atomic E-state index is 0.133. The molecule has 1 aromatic heterocycles. The van der Waals surface area contributed by atoms with Crippen molar-refractivity contribution in [1.29, 1.82) is 0 Å². The van der Waals surface area contributed by atoms with Crippen molar-refractivity contribution < 1.29 is 4.79 Å². The molecule has 0 saturated heterocycles. The SMILES string of the molecule is CC(C)=CC(=O)Nc1ncccc1C.